The SMILES string of the molecule is CCCCCCCCCCCCCCCCOC(=O)C(=O)O.[NaH].[NaH]. The summed E-state index contributed by atoms with van der Waals surface area (Å²) >= 11 is 0. The molecule has 0 saturated carbocycles. The number of carbonyl (C=O) groups is 2. The number of carboxylic acids is 1. The summed E-state index contributed by atoms with van der Waals surface area (Å²) in [5.41, 5.74) is 0. The molecule has 0 aliphatic rings. The minimum absolute atomic E-state index is 0. The zero-order valence-electron chi connectivity index (χ0n) is 14.3. The van der Waals surface area contributed by atoms with Gasteiger partial charge in [0, 0.05) is 0 Å². The second-order valence-electron chi connectivity index (χ2n) is 6.04. The Labute approximate surface area is 192 Å². The Bertz CT molecular complexity index is 286. The molecular weight excluding hydrogens is 326 g/mol. The number of unbranched alkanes of at least 4 members (excludes halogenated alkanes) is 13. The van der Waals surface area contributed by atoms with Gasteiger partial charge in [0.1, 0.15) is 0 Å². The molecule has 134 valence electrons. The maximum absolute atomic E-state index is 10.7. The van der Waals surface area contributed by atoms with Crippen molar-refractivity contribution < 1.29 is 19.4 Å². The van der Waals surface area contributed by atoms with Gasteiger partial charge in [0.05, 0.1) is 6.61 Å². The number of ether oxygens (including phenoxy) is 1. The summed E-state index contributed by atoms with van der Waals surface area (Å²) in [6.07, 6.45) is 17.8. The molecule has 0 radical (unpaired) electrons. The van der Waals surface area contributed by atoms with Crippen LogP contribution in [0.25, 0.3) is 0 Å². The van der Waals surface area contributed by atoms with Crippen molar-refractivity contribution in [2.75, 3.05) is 6.61 Å². The molecule has 0 amide bonds. The normalized spacial score (nSPS) is 9.71. The Morgan fingerprint density at radius 2 is 1.00 bits per heavy atom. The Kier molecular flexibility index (Phi) is 29.6. The molecular formula is C18H36Na2O4. The Morgan fingerprint density at radius 3 is 1.33 bits per heavy atom. The van der Waals surface area contributed by atoms with Crippen LogP contribution < -0.4 is 0 Å². The van der Waals surface area contributed by atoms with Crippen LogP contribution in [0.5, 0.6) is 0 Å². The van der Waals surface area contributed by atoms with Crippen LogP contribution in [0.4, 0.5) is 0 Å². The number of carboxylic acid groups (broad SMARTS) is 1. The van der Waals surface area contributed by atoms with Crippen LogP contribution >= 0.6 is 0 Å². The molecule has 0 aromatic heterocycles. The van der Waals surface area contributed by atoms with Crippen LogP contribution in [0.3, 0.4) is 0 Å². The molecule has 0 saturated heterocycles. The zero-order chi connectivity index (χ0) is 16.5. The molecule has 0 bridgehead atoms. The first kappa shape index (κ1) is 29.7. The van der Waals surface area contributed by atoms with E-state index in [0.29, 0.717) is 0 Å². The van der Waals surface area contributed by atoms with Gasteiger partial charge in [-0.2, -0.15) is 0 Å². The van der Waals surface area contributed by atoms with E-state index in [1.54, 1.807) is 0 Å². The summed E-state index contributed by atoms with van der Waals surface area (Å²) < 4.78 is 4.57. The van der Waals surface area contributed by atoms with Crippen molar-refractivity contribution in [3.8, 4) is 0 Å². The first-order valence-corrected chi connectivity index (χ1v) is 9.08. The molecule has 0 aliphatic carbocycles. The zero-order valence-corrected chi connectivity index (χ0v) is 14.3. The molecule has 1 N–H and O–H groups in total. The fraction of sp³-hybridized carbons (Fsp3) is 0.889. The molecule has 0 aromatic rings. The summed E-state index contributed by atoms with van der Waals surface area (Å²) in [5.74, 6) is -2.65. The van der Waals surface area contributed by atoms with Gasteiger partial charge in [-0.15, -0.1) is 0 Å². The van der Waals surface area contributed by atoms with E-state index in [1.165, 1.54) is 70.6 Å². The number of hydrogen-bond acceptors (Lipinski definition) is 3. The molecule has 0 atom stereocenters. The molecule has 0 rings (SSSR count). The number of hydrogen-bond donors (Lipinski definition) is 1. The van der Waals surface area contributed by atoms with Crippen molar-refractivity contribution in [2.24, 2.45) is 0 Å². The second kappa shape index (κ2) is 23.9. The fourth-order valence-corrected chi connectivity index (χ4v) is 2.52. The van der Waals surface area contributed by atoms with Gasteiger partial charge in [0.25, 0.3) is 0 Å². The predicted octanol–water partition coefficient (Wildman–Crippen LogP) is 3.80. The van der Waals surface area contributed by atoms with Gasteiger partial charge in [-0.25, -0.2) is 9.59 Å². The quantitative estimate of drug-likeness (QED) is 0.208. The summed E-state index contributed by atoms with van der Waals surface area (Å²) in [4.78, 5) is 20.9. The first-order chi connectivity index (χ1) is 10.7. The van der Waals surface area contributed by atoms with Gasteiger partial charge in [0.2, 0.25) is 0 Å². The van der Waals surface area contributed by atoms with Crippen molar-refractivity contribution in [1.82, 2.24) is 0 Å². The maximum atomic E-state index is 10.7. The van der Waals surface area contributed by atoms with Crippen molar-refractivity contribution in [3.63, 3.8) is 0 Å². The van der Waals surface area contributed by atoms with Gasteiger partial charge in [-0.1, -0.05) is 90.4 Å². The van der Waals surface area contributed by atoms with E-state index < -0.39 is 11.9 Å². The summed E-state index contributed by atoms with van der Waals surface area (Å²) in [7, 11) is 0. The fourth-order valence-electron chi connectivity index (χ4n) is 2.52. The van der Waals surface area contributed by atoms with E-state index in [-0.39, 0.29) is 65.7 Å². The van der Waals surface area contributed by atoms with Crippen molar-refractivity contribution in [2.45, 2.75) is 96.8 Å². The van der Waals surface area contributed by atoms with Crippen LogP contribution in [0, 0.1) is 0 Å². The predicted molar refractivity (Wildman–Crippen MR) is 103 cm³/mol. The third kappa shape index (κ3) is 22.9. The van der Waals surface area contributed by atoms with E-state index in [2.05, 4.69) is 11.7 Å². The third-order valence-corrected chi connectivity index (χ3v) is 3.91. The summed E-state index contributed by atoms with van der Waals surface area (Å²) in [6.45, 7) is 2.48. The third-order valence-electron chi connectivity index (χ3n) is 3.91. The van der Waals surface area contributed by atoms with E-state index in [4.69, 9.17) is 5.11 Å². The van der Waals surface area contributed by atoms with Crippen LogP contribution in [0.1, 0.15) is 96.8 Å². The van der Waals surface area contributed by atoms with Gasteiger partial charge >= 0.3 is 71.1 Å². The van der Waals surface area contributed by atoms with E-state index in [9.17, 15) is 9.59 Å². The number of rotatable bonds is 15. The van der Waals surface area contributed by atoms with E-state index in [1.807, 2.05) is 0 Å². The molecule has 0 heterocycles. The van der Waals surface area contributed by atoms with Crippen LogP contribution in [0.2, 0.25) is 0 Å². The molecule has 0 spiro atoms. The molecule has 0 aromatic carbocycles. The second-order valence-corrected chi connectivity index (χ2v) is 6.04. The van der Waals surface area contributed by atoms with E-state index >= 15 is 0 Å². The van der Waals surface area contributed by atoms with Crippen LogP contribution in [-0.2, 0) is 14.3 Å². The molecule has 0 aliphatic heterocycles. The van der Waals surface area contributed by atoms with Crippen molar-refractivity contribution in [3.05, 3.63) is 0 Å². The number of esters is 1. The standard InChI is InChI=1S/C18H34O4.2Na.2H/c1-2-3-4-5-6-7-8-9-10-11-12-13-14-15-16-22-18(21)17(19)20;;;;/h2-16H2,1H3,(H,19,20);;;;. The molecule has 24 heavy (non-hydrogen) atoms. The number of aliphatic carboxylic acids is 1. The average Bonchev–Trinajstić information content (AvgIpc) is 2.50. The summed E-state index contributed by atoms with van der Waals surface area (Å²) in [5, 5.41) is 8.32. The van der Waals surface area contributed by atoms with Crippen LogP contribution in [0.15, 0.2) is 0 Å². The van der Waals surface area contributed by atoms with Crippen molar-refractivity contribution in [1.29, 1.82) is 0 Å². The van der Waals surface area contributed by atoms with Gasteiger partial charge < -0.3 is 9.84 Å². The van der Waals surface area contributed by atoms with Gasteiger partial charge in [0.15, 0.2) is 0 Å². The van der Waals surface area contributed by atoms with Gasteiger partial charge in [-0.3, -0.25) is 0 Å². The van der Waals surface area contributed by atoms with E-state index in [0.717, 1.165) is 19.3 Å². The first-order valence-electron chi connectivity index (χ1n) is 9.08. The topological polar surface area (TPSA) is 63.6 Å². The molecule has 4 nitrogen and oxygen atoms in total. The van der Waals surface area contributed by atoms with Crippen LogP contribution in [-0.4, -0.2) is 82.8 Å². The molecule has 0 fully saturated rings. The average molecular weight is 362 g/mol. The Morgan fingerprint density at radius 1 is 0.667 bits per heavy atom. The number of carbonyl (C=O) groups excluding carboxylic acids is 1. The monoisotopic (exact) mass is 362 g/mol. The molecule has 6 heteroatoms. The van der Waals surface area contributed by atoms with Crippen molar-refractivity contribution >= 4 is 71.1 Å². The Balaban J connectivity index is -0.00000220. The Hall–Kier alpha value is 0.940. The minimum atomic E-state index is -1.51. The summed E-state index contributed by atoms with van der Waals surface area (Å²) in [6, 6.07) is 0. The molecule has 0 unspecified atom stereocenters. The van der Waals surface area contributed by atoms with Gasteiger partial charge in [-0.05, 0) is 6.42 Å².